The first-order valence-corrected chi connectivity index (χ1v) is 5.96. The largest absolute Gasteiger partial charge is 0.486 e. The van der Waals surface area contributed by atoms with E-state index in [-0.39, 0.29) is 6.54 Å². The highest BCUT2D eigenvalue weighted by Crippen LogP contribution is 2.35. The molecule has 0 saturated heterocycles. The highest BCUT2D eigenvalue weighted by molar-refractivity contribution is 9.10. The second-order valence-electron chi connectivity index (χ2n) is 3.58. The Hall–Kier alpha value is -1.27. The number of hydrogen-bond acceptors (Lipinski definition) is 4. The van der Waals surface area contributed by atoms with Crippen molar-refractivity contribution in [3.63, 3.8) is 0 Å². The van der Waals surface area contributed by atoms with Crippen molar-refractivity contribution < 1.29 is 19.4 Å². The van der Waals surface area contributed by atoms with Gasteiger partial charge in [-0.2, -0.15) is 0 Å². The number of nitrogens with one attached hydrogen (secondary N) is 1. The fraction of sp³-hybridized carbons (Fsp3) is 0.364. The summed E-state index contributed by atoms with van der Waals surface area (Å²) in [7, 11) is 0. The molecular formula is C11H12BrNO4. The Bertz CT molecular complexity index is 436. The average molecular weight is 302 g/mol. The summed E-state index contributed by atoms with van der Waals surface area (Å²) in [6, 6.07) is 3.69. The number of hydrogen-bond donors (Lipinski definition) is 2. The number of carboxylic acid groups (broad SMARTS) is 1. The number of halogens is 1. The quantitative estimate of drug-likeness (QED) is 0.880. The van der Waals surface area contributed by atoms with Gasteiger partial charge >= 0.3 is 5.97 Å². The molecule has 0 saturated carbocycles. The van der Waals surface area contributed by atoms with Crippen LogP contribution in [0.15, 0.2) is 16.6 Å². The van der Waals surface area contributed by atoms with Crippen LogP contribution in [0, 0.1) is 0 Å². The smallest absolute Gasteiger partial charge is 0.317 e. The van der Waals surface area contributed by atoms with E-state index < -0.39 is 5.97 Å². The monoisotopic (exact) mass is 301 g/mol. The van der Waals surface area contributed by atoms with E-state index in [0.717, 1.165) is 10.0 Å². The molecule has 0 fully saturated rings. The molecule has 0 unspecified atom stereocenters. The zero-order valence-corrected chi connectivity index (χ0v) is 10.6. The average Bonchev–Trinajstić information content (AvgIpc) is 2.29. The van der Waals surface area contributed by atoms with Crippen LogP contribution in [0.25, 0.3) is 0 Å². The molecule has 0 aromatic heterocycles. The van der Waals surface area contributed by atoms with Crippen LogP contribution in [-0.2, 0) is 11.3 Å². The van der Waals surface area contributed by atoms with E-state index >= 15 is 0 Å². The third-order valence-corrected chi connectivity index (χ3v) is 3.04. The molecule has 1 aliphatic heterocycles. The van der Waals surface area contributed by atoms with Gasteiger partial charge in [0.1, 0.15) is 13.2 Å². The highest BCUT2D eigenvalue weighted by Gasteiger charge is 2.14. The number of rotatable bonds is 4. The maximum Gasteiger partial charge on any atom is 0.317 e. The van der Waals surface area contributed by atoms with Crippen molar-refractivity contribution in [2.45, 2.75) is 6.54 Å². The molecule has 17 heavy (non-hydrogen) atoms. The third kappa shape index (κ3) is 3.10. The number of benzene rings is 1. The van der Waals surface area contributed by atoms with E-state index in [2.05, 4.69) is 21.2 Å². The first kappa shape index (κ1) is 12.2. The van der Waals surface area contributed by atoms with E-state index in [4.69, 9.17) is 14.6 Å². The van der Waals surface area contributed by atoms with Crippen LogP contribution in [0.3, 0.4) is 0 Å². The topological polar surface area (TPSA) is 67.8 Å². The summed E-state index contributed by atoms with van der Waals surface area (Å²) in [5, 5.41) is 11.4. The first-order chi connectivity index (χ1) is 8.16. The van der Waals surface area contributed by atoms with Gasteiger partial charge in [0, 0.05) is 11.0 Å². The number of ether oxygens (including phenoxy) is 2. The van der Waals surface area contributed by atoms with Gasteiger partial charge in [-0.3, -0.25) is 4.79 Å². The van der Waals surface area contributed by atoms with Gasteiger partial charge in [0.05, 0.1) is 6.54 Å². The van der Waals surface area contributed by atoms with Crippen LogP contribution < -0.4 is 14.8 Å². The van der Waals surface area contributed by atoms with Crippen LogP contribution >= 0.6 is 15.9 Å². The summed E-state index contributed by atoms with van der Waals surface area (Å²) in [6.07, 6.45) is 0. The summed E-state index contributed by atoms with van der Waals surface area (Å²) in [5.41, 5.74) is 0.940. The number of fused-ring (bicyclic) bond motifs is 1. The normalized spacial score (nSPS) is 13.5. The lowest BCUT2D eigenvalue weighted by molar-refractivity contribution is -0.135. The van der Waals surface area contributed by atoms with Gasteiger partial charge < -0.3 is 19.9 Å². The number of carboxylic acids is 1. The van der Waals surface area contributed by atoms with Crippen LogP contribution in [0.2, 0.25) is 0 Å². The molecule has 0 radical (unpaired) electrons. The van der Waals surface area contributed by atoms with Crippen molar-refractivity contribution in [1.82, 2.24) is 5.32 Å². The predicted octanol–water partition coefficient (Wildman–Crippen LogP) is 1.39. The lowest BCUT2D eigenvalue weighted by atomic mass is 10.2. The summed E-state index contributed by atoms with van der Waals surface area (Å²) in [4.78, 5) is 10.4. The lowest BCUT2D eigenvalue weighted by Crippen LogP contribution is -2.22. The van der Waals surface area contributed by atoms with Crippen molar-refractivity contribution in [2.24, 2.45) is 0 Å². The molecule has 1 aliphatic rings. The van der Waals surface area contributed by atoms with E-state index in [1.165, 1.54) is 0 Å². The summed E-state index contributed by atoms with van der Waals surface area (Å²) in [6.45, 7) is 1.48. The molecule has 1 aromatic carbocycles. The van der Waals surface area contributed by atoms with Crippen LogP contribution in [0.4, 0.5) is 0 Å². The zero-order valence-electron chi connectivity index (χ0n) is 9.03. The van der Waals surface area contributed by atoms with Gasteiger partial charge in [-0.15, -0.1) is 0 Å². The Kier molecular flexibility index (Phi) is 3.86. The second kappa shape index (κ2) is 5.37. The molecule has 1 aromatic rings. The molecule has 2 rings (SSSR count). The molecular weight excluding hydrogens is 290 g/mol. The molecule has 92 valence electrons. The van der Waals surface area contributed by atoms with E-state index in [1.807, 2.05) is 12.1 Å². The van der Waals surface area contributed by atoms with E-state index in [1.54, 1.807) is 0 Å². The molecule has 1 heterocycles. The van der Waals surface area contributed by atoms with Crippen molar-refractivity contribution in [3.8, 4) is 11.5 Å². The second-order valence-corrected chi connectivity index (χ2v) is 4.44. The molecule has 5 nitrogen and oxygen atoms in total. The van der Waals surface area contributed by atoms with E-state index in [0.29, 0.717) is 31.3 Å². The molecule has 0 bridgehead atoms. The van der Waals surface area contributed by atoms with Gasteiger partial charge in [0.2, 0.25) is 0 Å². The summed E-state index contributed by atoms with van der Waals surface area (Å²) >= 11 is 3.42. The lowest BCUT2D eigenvalue weighted by Gasteiger charge is -2.20. The maximum atomic E-state index is 10.4. The Morgan fingerprint density at radius 1 is 1.35 bits per heavy atom. The molecule has 6 heteroatoms. The Morgan fingerprint density at radius 3 is 2.65 bits per heavy atom. The van der Waals surface area contributed by atoms with Crippen molar-refractivity contribution in [2.75, 3.05) is 19.8 Å². The summed E-state index contributed by atoms with van der Waals surface area (Å²) < 4.78 is 11.8. The van der Waals surface area contributed by atoms with Crippen LogP contribution in [0.5, 0.6) is 11.5 Å². The van der Waals surface area contributed by atoms with Crippen molar-refractivity contribution in [3.05, 3.63) is 22.2 Å². The minimum Gasteiger partial charge on any atom is -0.486 e. The molecule has 0 spiro atoms. The fourth-order valence-corrected chi connectivity index (χ4v) is 2.01. The van der Waals surface area contributed by atoms with Crippen LogP contribution in [-0.4, -0.2) is 30.8 Å². The number of aliphatic carboxylic acids is 1. The Morgan fingerprint density at radius 2 is 2.00 bits per heavy atom. The highest BCUT2D eigenvalue weighted by atomic mass is 79.9. The van der Waals surface area contributed by atoms with E-state index in [9.17, 15) is 4.79 Å². The molecule has 0 amide bonds. The Labute approximate surface area is 107 Å². The van der Waals surface area contributed by atoms with Gasteiger partial charge in [-0.1, -0.05) is 15.9 Å². The van der Waals surface area contributed by atoms with Gasteiger partial charge in [0.25, 0.3) is 0 Å². The van der Waals surface area contributed by atoms with Gasteiger partial charge in [-0.05, 0) is 17.7 Å². The zero-order chi connectivity index (χ0) is 12.3. The molecule has 0 aliphatic carbocycles. The Balaban J connectivity index is 2.09. The third-order valence-electron chi connectivity index (χ3n) is 2.30. The van der Waals surface area contributed by atoms with Crippen molar-refractivity contribution in [1.29, 1.82) is 0 Å². The summed E-state index contributed by atoms with van der Waals surface area (Å²) in [5.74, 6) is 0.537. The predicted molar refractivity (Wildman–Crippen MR) is 64.5 cm³/mol. The fourth-order valence-electron chi connectivity index (χ4n) is 1.55. The van der Waals surface area contributed by atoms with Crippen LogP contribution in [0.1, 0.15) is 5.56 Å². The number of carbonyl (C=O) groups is 1. The maximum absolute atomic E-state index is 10.4. The minimum atomic E-state index is -0.876. The minimum absolute atomic E-state index is 0.0686. The standard InChI is InChI=1S/C11H12BrNO4/c12-8-4-10-9(16-1-2-17-10)3-7(8)5-13-6-11(14)15/h3-4,13H,1-2,5-6H2,(H,14,15). The first-order valence-electron chi connectivity index (χ1n) is 5.17. The van der Waals surface area contributed by atoms with Gasteiger partial charge in [0.15, 0.2) is 11.5 Å². The molecule has 2 N–H and O–H groups in total. The SMILES string of the molecule is O=C(O)CNCc1cc2c(cc1Br)OCCO2. The van der Waals surface area contributed by atoms with Crippen molar-refractivity contribution >= 4 is 21.9 Å². The molecule has 0 atom stereocenters. The van der Waals surface area contributed by atoms with Gasteiger partial charge in [-0.25, -0.2) is 0 Å².